The number of aliphatic hydroxyl groups excluding tert-OH is 2. The van der Waals surface area contributed by atoms with Crippen LogP contribution in [0.2, 0.25) is 0 Å². The van der Waals surface area contributed by atoms with Gasteiger partial charge in [-0.15, -0.1) is 0 Å². The predicted octanol–water partition coefficient (Wildman–Crippen LogP) is 7.73. The maximum absolute atomic E-state index is 11.6. The normalized spacial score (nSPS) is 36.4. The highest BCUT2D eigenvalue weighted by molar-refractivity contribution is 5.20. The molecule has 4 rings (SSSR count). The lowest BCUT2D eigenvalue weighted by molar-refractivity contribution is -0.298. The van der Waals surface area contributed by atoms with Gasteiger partial charge in [-0.1, -0.05) is 71.1 Å². The summed E-state index contributed by atoms with van der Waals surface area (Å²) in [7, 11) is 15.0. The fraction of sp³-hybridized carbons (Fsp3) is 0.852. The van der Waals surface area contributed by atoms with Crippen LogP contribution >= 0.6 is 0 Å². The van der Waals surface area contributed by atoms with Crippen LogP contribution in [0, 0.1) is 47.3 Å². The molecular weight excluding hydrogens is 873 g/mol. The summed E-state index contributed by atoms with van der Waals surface area (Å²) in [5.41, 5.74) is 1.91. The second kappa shape index (κ2) is 29.2. The molecule has 0 aromatic heterocycles. The number of methoxy groups -OCH3 is 9. The maximum atomic E-state index is 11.6. The summed E-state index contributed by atoms with van der Waals surface area (Å²) >= 11 is 0. The zero-order valence-corrected chi connectivity index (χ0v) is 44.6. The molecule has 2 saturated carbocycles. The Morgan fingerprint density at radius 1 is 0.529 bits per heavy atom. The Labute approximate surface area is 410 Å². The van der Waals surface area contributed by atoms with Crippen molar-refractivity contribution < 1.29 is 67.1 Å². The van der Waals surface area contributed by atoms with E-state index in [9.17, 15) is 10.2 Å². The standard InChI is InChI=1S/C54H94O14/c1-17-41(57-8)35(6)37-26-28-39(37)43(55)31(2)22-19-24-34(5)46-48(60-11)50(52(63-14)54(65-16)68-46)66-30-20-25-42(58-9)36(7)38-27-29-40(38)44(56)32(3)21-18-23-33(4)45-47(59-10)49(61-12)51(62-13)53(64-15)67-45/h18-19,21-24,31-32,35-56H,17,20,25-30H2,1-16H3/b21-18+,22-19+,33-23+,34-24+/t31-,32-,35-,36-,37+,38+,39-,40-,41-,42-,43+,44+,45+,46+,47-,48+,49-,50-,51+,52-,53-,54-/m0/s1. The summed E-state index contributed by atoms with van der Waals surface area (Å²) in [5, 5.41) is 23.0. The molecule has 0 unspecified atom stereocenters. The van der Waals surface area contributed by atoms with Gasteiger partial charge < -0.3 is 67.1 Å². The monoisotopic (exact) mass is 967 g/mol. The lowest BCUT2D eigenvalue weighted by Gasteiger charge is -2.46. The molecule has 0 aromatic rings. The molecule has 4 aliphatic rings. The highest BCUT2D eigenvalue weighted by Gasteiger charge is 2.50. The number of hydrogen-bond acceptors (Lipinski definition) is 14. The summed E-state index contributed by atoms with van der Waals surface area (Å²) in [6.45, 7) is 15.3. The van der Waals surface area contributed by atoms with Gasteiger partial charge in [-0.05, 0) is 105 Å². The van der Waals surface area contributed by atoms with Gasteiger partial charge in [0.25, 0.3) is 0 Å². The van der Waals surface area contributed by atoms with Crippen LogP contribution in [0.25, 0.3) is 0 Å². The molecule has 14 heteroatoms. The molecular formula is C54H94O14. The summed E-state index contributed by atoms with van der Waals surface area (Å²) in [4.78, 5) is 0. The van der Waals surface area contributed by atoms with E-state index in [1.165, 1.54) is 0 Å². The van der Waals surface area contributed by atoms with Crippen LogP contribution in [-0.4, -0.2) is 167 Å². The van der Waals surface area contributed by atoms with Crippen molar-refractivity contribution in [3.63, 3.8) is 0 Å². The second-order valence-corrected chi connectivity index (χ2v) is 20.1. The number of hydrogen-bond donors (Lipinski definition) is 2. The number of ether oxygens (including phenoxy) is 12. The molecule has 0 radical (unpaired) electrons. The Morgan fingerprint density at radius 2 is 0.926 bits per heavy atom. The van der Waals surface area contributed by atoms with E-state index < -0.39 is 61.4 Å². The Bertz CT molecular complexity index is 1550. The highest BCUT2D eigenvalue weighted by Crippen LogP contribution is 2.47. The third kappa shape index (κ3) is 14.1. The second-order valence-electron chi connectivity index (χ2n) is 20.1. The van der Waals surface area contributed by atoms with E-state index in [1.54, 1.807) is 64.0 Å². The molecule has 394 valence electrons. The van der Waals surface area contributed by atoms with Crippen LogP contribution < -0.4 is 0 Å². The van der Waals surface area contributed by atoms with E-state index in [-0.39, 0.29) is 54.0 Å². The third-order valence-corrected chi connectivity index (χ3v) is 16.5. The molecule has 68 heavy (non-hydrogen) atoms. The summed E-state index contributed by atoms with van der Waals surface area (Å²) < 4.78 is 72.0. The number of rotatable bonds is 29. The quantitative estimate of drug-likeness (QED) is 0.0556. The summed E-state index contributed by atoms with van der Waals surface area (Å²) in [5.74, 6) is 1.84. The molecule has 0 bridgehead atoms. The number of allylic oxidation sites excluding steroid dienone is 4. The van der Waals surface area contributed by atoms with Crippen molar-refractivity contribution >= 4 is 0 Å². The maximum Gasteiger partial charge on any atom is 0.186 e. The minimum Gasteiger partial charge on any atom is -0.392 e. The molecule has 0 aromatic carbocycles. The molecule has 2 aliphatic heterocycles. The first-order chi connectivity index (χ1) is 32.7. The Morgan fingerprint density at radius 3 is 1.29 bits per heavy atom. The van der Waals surface area contributed by atoms with E-state index in [0.29, 0.717) is 24.4 Å². The minimum absolute atomic E-state index is 0.00415. The van der Waals surface area contributed by atoms with Crippen LogP contribution in [0.1, 0.15) is 93.4 Å². The van der Waals surface area contributed by atoms with Crippen molar-refractivity contribution in [2.45, 2.75) is 179 Å². The largest absolute Gasteiger partial charge is 0.392 e. The van der Waals surface area contributed by atoms with Crippen molar-refractivity contribution in [3.8, 4) is 0 Å². The average molecular weight is 967 g/mol. The van der Waals surface area contributed by atoms with E-state index in [0.717, 1.165) is 56.1 Å². The Balaban J connectivity index is 1.32. The molecule has 0 amide bonds. The molecule has 2 heterocycles. The third-order valence-electron chi connectivity index (χ3n) is 16.5. The van der Waals surface area contributed by atoms with Gasteiger partial charge in [-0.25, -0.2) is 0 Å². The van der Waals surface area contributed by atoms with Crippen molar-refractivity contribution in [1.82, 2.24) is 0 Å². The molecule has 0 spiro atoms. The van der Waals surface area contributed by atoms with Crippen LogP contribution in [-0.2, 0) is 56.8 Å². The van der Waals surface area contributed by atoms with Gasteiger partial charge in [0, 0.05) is 82.4 Å². The highest BCUT2D eigenvalue weighted by atomic mass is 16.7. The van der Waals surface area contributed by atoms with Crippen LogP contribution in [0.3, 0.4) is 0 Å². The van der Waals surface area contributed by atoms with E-state index in [1.807, 2.05) is 38.2 Å². The van der Waals surface area contributed by atoms with Gasteiger partial charge in [-0.2, -0.15) is 0 Å². The van der Waals surface area contributed by atoms with Crippen LogP contribution in [0.4, 0.5) is 0 Å². The average Bonchev–Trinajstić information content (AvgIpc) is 3.31. The minimum atomic E-state index is -0.664. The molecule has 2 aliphatic carbocycles. The van der Waals surface area contributed by atoms with Crippen molar-refractivity contribution in [1.29, 1.82) is 0 Å². The van der Waals surface area contributed by atoms with Gasteiger partial charge in [0.2, 0.25) is 0 Å². The Hall–Kier alpha value is -1.60. The summed E-state index contributed by atoms with van der Waals surface area (Å²) in [6.07, 6.45) is 13.6. The molecule has 4 fully saturated rings. The SMILES string of the molecule is CC[C@H](OC)[C@@H](C)[C@H]1CC[C@@H]1[C@H](O)[C@@H](C)/C=C/C=C(\C)[C@H]1O[C@H](OC)[C@@H](OC)[C@@H](OCCC[C@H](OC)[C@@H](C)[C@H]2CC[C@@H]2[C@H](O)[C@@H](C)/C=C/C=C(\C)[C@H]2O[C@H](OC)[C@H](OC)[C@@H](OC)[C@H]2OC)[C@@H]1OC. The zero-order chi connectivity index (χ0) is 50.2. The molecule has 2 N–H and O–H groups in total. The lowest BCUT2D eigenvalue weighted by atomic mass is 9.62. The zero-order valence-electron chi connectivity index (χ0n) is 44.6. The molecule has 22 atom stereocenters. The van der Waals surface area contributed by atoms with E-state index >= 15 is 0 Å². The topological polar surface area (TPSA) is 151 Å². The lowest BCUT2D eigenvalue weighted by Crippen LogP contribution is -2.60. The molecule has 2 saturated heterocycles. The first-order valence-corrected chi connectivity index (χ1v) is 25.4. The van der Waals surface area contributed by atoms with Gasteiger partial charge in [0.05, 0.1) is 24.4 Å². The van der Waals surface area contributed by atoms with Crippen molar-refractivity contribution in [3.05, 3.63) is 47.6 Å². The van der Waals surface area contributed by atoms with Crippen molar-refractivity contribution in [2.75, 3.05) is 70.6 Å². The van der Waals surface area contributed by atoms with E-state index in [4.69, 9.17) is 56.8 Å². The van der Waals surface area contributed by atoms with Gasteiger partial charge >= 0.3 is 0 Å². The summed E-state index contributed by atoms with van der Waals surface area (Å²) in [6, 6.07) is 0. The Kier molecular flexibility index (Phi) is 25.3. The van der Waals surface area contributed by atoms with Gasteiger partial charge in [0.15, 0.2) is 12.6 Å². The predicted molar refractivity (Wildman–Crippen MR) is 263 cm³/mol. The van der Waals surface area contributed by atoms with Crippen molar-refractivity contribution in [2.24, 2.45) is 47.3 Å². The van der Waals surface area contributed by atoms with E-state index in [2.05, 4.69) is 46.8 Å². The first kappa shape index (κ1) is 59.0. The molecule has 14 nitrogen and oxygen atoms in total. The fourth-order valence-electron chi connectivity index (χ4n) is 11.8. The van der Waals surface area contributed by atoms with Gasteiger partial charge in [0.1, 0.15) is 48.8 Å². The number of aliphatic hydroxyl groups is 2. The van der Waals surface area contributed by atoms with Crippen LogP contribution in [0.15, 0.2) is 47.6 Å². The van der Waals surface area contributed by atoms with Gasteiger partial charge in [-0.3, -0.25) is 0 Å². The first-order valence-electron chi connectivity index (χ1n) is 25.4. The fourth-order valence-corrected chi connectivity index (χ4v) is 11.8. The van der Waals surface area contributed by atoms with Crippen LogP contribution in [0.5, 0.6) is 0 Å². The smallest absolute Gasteiger partial charge is 0.186 e.